The van der Waals surface area contributed by atoms with Crippen LogP contribution in [0.4, 0.5) is 0 Å². The van der Waals surface area contributed by atoms with E-state index in [0.29, 0.717) is 17.3 Å². The van der Waals surface area contributed by atoms with Gasteiger partial charge in [-0.2, -0.15) is 0 Å². The zero-order valence-corrected chi connectivity index (χ0v) is 10.5. The highest BCUT2D eigenvalue weighted by molar-refractivity contribution is 7.13. The summed E-state index contributed by atoms with van der Waals surface area (Å²) in [5, 5.41) is 12.0. The Balaban J connectivity index is 2.50. The summed E-state index contributed by atoms with van der Waals surface area (Å²) in [4.78, 5) is 26.3. The van der Waals surface area contributed by atoms with Gasteiger partial charge in [-0.25, -0.2) is 9.78 Å². The van der Waals surface area contributed by atoms with Crippen molar-refractivity contribution in [2.75, 3.05) is 13.2 Å². The number of carbonyl (C=O) groups excluding carboxylic acids is 1. The number of carboxylic acids is 1. The van der Waals surface area contributed by atoms with Crippen molar-refractivity contribution in [3.05, 3.63) is 15.6 Å². The quantitative estimate of drug-likeness (QED) is 0.788. The second kappa shape index (κ2) is 6.31. The molecule has 1 aromatic rings. The highest BCUT2D eigenvalue weighted by Gasteiger charge is 2.14. The molecule has 1 heterocycles. The Kier molecular flexibility index (Phi) is 5.05. The number of amides is 1. The Morgan fingerprint density at radius 3 is 2.76 bits per heavy atom. The van der Waals surface area contributed by atoms with E-state index in [-0.39, 0.29) is 23.9 Å². The van der Waals surface area contributed by atoms with Crippen LogP contribution in [0.1, 0.15) is 27.3 Å². The fourth-order valence-corrected chi connectivity index (χ4v) is 1.99. The highest BCUT2D eigenvalue weighted by atomic mass is 32.1. The van der Waals surface area contributed by atoms with Gasteiger partial charge in [0.1, 0.15) is 16.5 Å². The summed E-state index contributed by atoms with van der Waals surface area (Å²) >= 11 is 1.07. The van der Waals surface area contributed by atoms with E-state index in [1.165, 1.54) is 0 Å². The molecular weight excluding hydrogens is 244 g/mol. The van der Waals surface area contributed by atoms with Gasteiger partial charge in [0.25, 0.3) is 0 Å². The van der Waals surface area contributed by atoms with Crippen LogP contribution >= 0.6 is 11.3 Å². The van der Waals surface area contributed by atoms with E-state index in [1.807, 2.05) is 0 Å². The summed E-state index contributed by atoms with van der Waals surface area (Å²) in [5.74, 6) is -1.23. The molecule has 0 fully saturated rings. The third-order valence-electron chi connectivity index (χ3n) is 1.91. The van der Waals surface area contributed by atoms with E-state index in [1.54, 1.807) is 13.8 Å². The number of rotatable bonds is 6. The molecule has 1 rings (SSSR count). The van der Waals surface area contributed by atoms with Crippen LogP contribution in [0.3, 0.4) is 0 Å². The van der Waals surface area contributed by atoms with Crippen LogP contribution < -0.4 is 5.32 Å². The minimum Gasteiger partial charge on any atom is -0.477 e. The number of hydrogen-bond acceptors (Lipinski definition) is 5. The van der Waals surface area contributed by atoms with E-state index in [2.05, 4.69) is 10.3 Å². The molecule has 0 unspecified atom stereocenters. The van der Waals surface area contributed by atoms with Crippen molar-refractivity contribution in [1.82, 2.24) is 10.3 Å². The fraction of sp³-hybridized carbons (Fsp3) is 0.500. The lowest BCUT2D eigenvalue weighted by atomic mass is 10.4. The van der Waals surface area contributed by atoms with Crippen molar-refractivity contribution in [2.24, 2.45) is 0 Å². The van der Waals surface area contributed by atoms with Gasteiger partial charge in [-0.3, -0.25) is 4.79 Å². The Hall–Kier alpha value is -1.47. The van der Waals surface area contributed by atoms with Crippen molar-refractivity contribution in [3.8, 4) is 0 Å². The molecule has 1 amide bonds. The molecule has 0 saturated heterocycles. The number of carbonyl (C=O) groups is 2. The zero-order valence-electron chi connectivity index (χ0n) is 9.65. The topological polar surface area (TPSA) is 88.5 Å². The molecule has 7 heteroatoms. The number of carboxylic acid groups (broad SMARTS) is 1. The Labute approximate surface area is 103 Å². The molecule has 2 N–H and O–H groups in total. The minimum atomic E-state index is -0.994. The average molecular weight is 258 g/mol. The SMILES string of the molecule is CCOCC(=O)NCc1nc(C)c(C(=O)O)s1. The summed E-state index contributed by atoms with van der Waals surface area (Å²) in [7, 11) is 0. The highest BCUT2D eigenvalue weighted by Crippen LogP contribution is 2.17. The van der Waals surface area contributed by atoms with E-state index in [0.717, 1.165) is 11.3 Å². The van der Waals surface area contributed by atoms with Crippen LogP contribution in [0.25, 0.3) is 0 Å². The van der Waals surface area contributed by atoms with Gasteiger partial charge in [0.2, 0.25) is 5.91 Å². The molecule has 0 saturated carbocycles. The van der Waals surface area contributed by atoms with Crippen LogP contribution in [0.5, 0.6) is 0 Å². The molecule has 0 aromatic carbocycles. The molecule has 0 bridgehead atoms. The van der Waals surface area contributed by atoms with Crippen LogP contribution in [0, 0.1) is 6.92 Å². The molecule has 0 radical (unpaired) electrons. The molecule has 0 aliphatic carbocycles. The van der Waals surface area contributed by atoms with E-state index in [9.17, 15) is 9.59 Å². The number of ether oxygens (including phenoxy) is 1. The summed E-state index contributed by atoms with van der Waals surface area (Å²) < 4.78 is 4.93. The first-order valence-corrected chi connectivity index (χ1v) is 5.90. The Morgan fingerprint density at radius 1 is 1.53 bits per heavy atom. The van der Waals surface area contributed by atoms with Gasteiger partial charge >= 0.3 is 5.97 Å². The smallest absolute Gasteiger partial charge is 0.347 e. The first kappa shape index (κ1) is 13.6. The van der Waals surface area contributed by atoms with Gasteiger partial charge < -0.3 is 15.2 Å². The van der Waals surface area contributed by atoms with Gasteiger partial charge in [-0.15, -0.1) is 11.3 Å². The van der Waals surface area contributed by atoms with Gasteiger partial charge in [0.15, 0.2) is 0 Å². The van der Waals surface area contributed by atoms with Crippen molar-refractivity contribution in [3.63, 3.8) is 0 Å². The van der Waals surface area contributed by atoms with Crippen LogP contribution in [0.2, 0.25) is 0 Å². The number of thiazole rings is 1. The normalized spacial score (nSPS) is 10.2. The van der Waals surface area contributed by atoms with Crippen molar-refractivity contribution >= 4 is 23.2 Å². The zero-order chi connectivity index (χ0) is 12.8. The number of nitrogens with one attached hydrogen (secondary N) is 1. The number of hydrogen-bond donors (Lipinski definition) is 2. The van der Waals surface area contributed by atoms with Crippen LogP contribution in [-0.4, -0.2) is 35.2 Å². The molecule has 0 spiro atoms. The summed E-state index contributed by atoms with van der Waals surface area (Å²) in [5.41, 5.74) is 0.469. The molecule has 6 nitrogen and oxygen atoms in total. The van der Waals surface area contributed by atoms with Gasteiger partial charge in [-0.05, 0) is 13.8 Å². The second-order valence-corrected chi connectivity index (χ2v) is 4.32. The maximum atomic E-state index is 11.2. The van der Waals surface area contributed by atoms with Gasteiger partial charge in [-0.1, -0.05) is 0 Å². The number of nitrogens with zero attached hydrogens (tertiary/aromatic N) is 1. The van der Waals surface area contributed by atoms with Crippen molar-refractivity contribution in [1.29, 1.82) is 0 Å². The molecular formula is C10H14N2O4S. The van der Waals surface area contributed by atoms with Crippen molar-refractivity contribution in [2.45, 2.75) is 20.4 Å². The molecule has 94 valence electrons. The lowest BCUT2D eigenvalue weighted by Crippen LogP contribution is -2.27. The largest absolute Gasteiger partial charge is 0.477 e. The molecule has 0 aliphatic heterocycles. The lowest BCUT2D eigenvalue weighted by Gasteiger charge is -2.02. The molecule has 17 heavy (non-hydrogen) atoms. The molecule has 0 aliphatic rings. The number of aryl methyl sites for hydroxylation is 1. The second-order valence-electron chi connectivity index (χ2n) is 3.24. The Morgan fingerprint density at radius 2 is 2.24 bits per heavy atom. The summed E-state index contributed by atoms with van der Waals surface area (Å²) in [6.45, 7) is 4.15. The lowest BCUT2D eigenvalue weighted by molar-refractivity contribution is -0.125. The third-order valence-corrected chi connectivity index (χ3v) is 3.05. The van der Waals surface area contributed by atoms with Gasteiger partial charge in [0.05, 0.1) is 12.2 Å². The third kappa shape index (κ3) is 4.12. The first-order chi connectivity index (χ1) is 8.04. The average Bonchev–Trinajstić information content (AvgIpc) is 2.65. The fourth-order valence-electron chi connectivity index (χ4n) is 1.15. The summed E-state index contributed by atoms with van der Waals surface area (Å²) in [6.07, 6.45) is 0. The molecule has 0 atom stereocenters. The van der Waals surface area contributed by atoms with E-state index in [4.69, 9.17) is 9.84 Å². The first-order valence-electron chi connectivity index (χ1n) is 5.08. The maximum Gasteiger partial charge on any atom is 0.347 e. The van der Waals surface area contributed by atoms with Crippen LogP contribution in [0.15, 0.2) is 0 Å². The summed E-state index contributed by atoms with van der Waals surface area (Å²) in [6, 6.07) is 0. The standard InChI is InChI=1S/C10H14N2O4S/c1-3-16-5-7(13)11-4-8-12-6(2)9(17-8)10(14)15/h3-5H2,1-2H3,(H,11,13)(H,14,15). The maximum absolute atomic E-state index is 11.2. The number of aromatic nitrogens is 1. The number of aromatic carboxylic acids is 1. The monoisotopic (exact) mass is 258 g/mol. The Bertz CT molecular complexity index is 416. The van der Waals surface area contributed by atoms with Crippen LogP contribution in [-0.2, 0) is 16.1 Å². The predicted molar refractivity (Wildman–Crippen MR) is 62.2 cm³/mol. The van der Waals surface area contributed by atoms with Crippen molar-refractivity contribution < 1.29 is 19.4 Å². The van der Waals surface area contributed by atoms with Gasteiger partial charge in [0, 0.05) is 6.61 Å². The molecule has 1 aromatic heterocycles. The van der Waals surface area contributed by atoms with E-state index >= 15 is 0 Å². The minimum absolute atomic E-state index is 0.00659. The predicted octanol–water partition coefficient (Wildman–Crippen LogP) is 0.802. The van der Waals surface area contributed by atoms with E-state index < -0.39 is 5.97 Å².